The normalized spacial score (nSPS) is 11.3. The molecule has 0 aliphatic heterocycles. The number of carbonyl (C=O) groups is 1. The second-order valence-corrected chi connectivity index (χ2v) is 6.72. The fourth-order valence-corrected chi connectivity index (χ4v) is 3.34. The summed E-state index contributed by atoms with van der Waals surface area (Å²) in [7, 11) is 1.57. The van der Waals surface area contributed by atoms with Crippen molar-refractivity contribution in [1.82, 2.24) is 19.3 Å². The average molecular weight is 352 g/mol. The van der Waals surface area contributed by atoms with Crippen molar-refractivity contribution in [3.63, 3.8) is 0 Å². The van der Waals surface area contributed by atoms with Crippen molar-refractivity contribution < 1.29 is 9.53 Å². The number of hydrogen-bond acceptors (Lipinski definition) is 4. The maximum atomic E-state index is 13.3. The lowest BCUT2D eigenvalue weighted by Gasteiger charge is -2.31. The second-order valence-electron chi connectivity index (χ2n) is 6.72. The molecular weight excluding hydrogens is 328 g/mol. The van der Waals surface area contributed by atoms with Crippen LogP contribution in [-0.4, -0.2) is 44.4 Å². The Morgan fingerprint density at radius 2 is 1.81 bits per heavy atom. The Bertz CT molecular complexity index is 922. The van der Waals surface area contributed by atoms with Crippen molar-refractivity contribution in [3.05, 3.63) is 48.4 Å². The van der Waals surface area contributed by atoms with Gasteiger partial charge in [0, 0.05) is 35.6 Å². The Hall–Kier alpha value is -2.89. The van der Waals surface area contributed by atoms with Gasteiger partial charge in [0.15, 0.2) is 0 Å². The van der Waals surface area contributed by atoms with Gasteiger partial charge in [-0.25, -0.2) is 9.97 Å². The summed E-state index contributed by atoms with van der Waals surface area (Å²) >= 11 is 0. The van der Waals surface area contributed by atoms with Gasteiger partial charge in [0.1, 0.15) is 0 Å². The molecule has 3 rings (SSSR count). The minimum Gasteiger partial charge on any atom is -0.478 e. The lowest BCUT2D eigenvalue weighted by atomic mass is 10.0. The minimum absolute atomic E-state index is 0.0153. The number of fused-ring (bicyclic) bond motifs is 1. The minimum atomic E-state index is 0.0153. The first kappa shape index (κ1) is 17.9. The van der Waals surface area contributed by atoms with Crippen LogP contribution in [0.15, 0.2) is 42.9 Å². The third-order valence-corrected chi connectivity index (χ3v) is 4.37. The van der Waals surface area contributed by atoms with Crippen LogP contribution in [0.1, 0.15) is 38.1 Å². The SMILES string of the molecule is COc1nccn2c(-c3ccccc3C(=O)N(C(C)C)C(C)C)cnc12. The zero-order valence-electron chi connectivity index (χ0n) is 15.8. The molecule has 1 amide bonds. The molecule has 0 aliphatic carbocycles. The summed E-state index contributed by atoms with van der Waals surface area (Å²) < 4.78 is 7.18. The summed E-state index contributed by atoms with van der Waals surface area (Å²) in [5, 5.41) is 0. The van der Waals surface area contributed by atoms with Crippen LogP contribution in [0.3, 0.4) is 0 Å². The summed E-state index contributed by atoms with van der Waals surface area (Å²) in [6.45, 7) is 8.13. The maximum absolute atomic E-state index is 13.3. The van der Waals surface area contributed by atoms with Gasteiger partial charge in [0.25, 0.3) is 11.8 Å². The van der Waals surface area contributed by atoms with E-state index in [1.807, 2.05) is 67.5 Å². The zero-order valence-corrected chi connectivity index (χ0v) is 15.8. The summed E-state index contributed by atoms with van der Waals surface area (Å²) in [5.41, 5.74) is 2.95. The Labute approximate surface area is 153 Å². The van der Waals surface area contributed by atoms with E-state index in [0.29, 0.717) is 17.1 Å². The molecule has 0 aliphatic rings. The highest BCUT2D eigenvalue weighted by atomic mass is 16.5. The number of aromatic nitrogens is 3. The van der Waals surface area contributed by atoms with Crippen LogP contribution in [0, 0.1) is 0 Å². The monoisotopic (exact) mass is 352 g/mol. The Morgan fingerprint density at radius 1 is 1.12 bits per heavy atom. The van der Waals surface area contributed by atoms with E-state index in [-0.39, 0.29) is 18.0 Å². The highest BCUT2D eigenvalue weighted by molar-refractivity contribution is 6.01. The highest BCUT2D eigenvalue weighted by Gasteiger charge is 2.25. The van der Waals surface area contributed by atoms with Crippen LogP contribution >= 0.6 is 0 Å². The molecule has 2 aromatic heterocycles. The molecule has 1 aromatic carbocycles. The van der Waals surface area contributed by atoms with Gasteiger partial charge in [-0.1, -0.05) is 18.2 Å². The van der Waals surface area contributed by atoms with Gasteiger partial charge in [-0.2, -0.15) is 0 Å². The number of methoxy groups -OCH3 is 1. The molecular formula is C20H24N4O2. The number of rotatable bonds is 5. The van der Waals surface area contributed by atoms with Crippen molar-refractivity contribution in [1.29, 1.82) is 0 Å². The fourth-order valence-electron chi connectivity index (χ4n) is 3.34. The van der Waals surface area contributed by atoms with E-state index in [9.17, 15) is 4.79 Å². The largest absolute Gasteiger partial charge is 0.478 e. The molecule has 3 aromatic rings. The molecule has 136 valence electrons. The number of nitrogens with zero attached hydrogens (tertiary/aromatic N) is 4. The van der Waals surface area contributed by atoms with E-state index in [4.69, 9.17) is 4.74 Å². The highest BCUT2D eigenvalue weighted by Crippen LogP contribution is 2.28. The quantitative estimate of drug-likeness (QED) is 0.703. The molecule has 26 heavy (non-hydrogen) atoms. The second kappa shape index (κ2) is 7.15. The smallest absolute Gasteiger partial charge is 0.258 e. The molecule has 0 N–H and O–H groups in total. The van der Waals surface area contributed by atoms with Gasteiger partial charge in [-0.15, -0.1) is 0 Å². The third kappa shape index (κ3) is 3.03. The van der Waals surface area contributed by atoms with Gasteiger partial charge < -0.3 is 9.64 Å². The van der Waals surface area contributed by atoms with Crippen molar-refractivity contribution in [2.24, 2.45) is 0 Å². The van der Waals surface area contributed by atoms with E-state index in [0.717, 1.165) is 11.3 Å². The number of amides is 1. The van der Waals surface area contributed by atoms with Gasteiger partial charge >= 0.3 is 0 Å². The van der Waals surface area contributed by atoms with Gasteiger partial charge in [0.2, 0.25) is 5.65 Å². The third-order valence-electron chi connectivity index (χ3n) is 4.37. The molecule has 0 saturated heterocycles. The van der Waals surface area contributed by atoms with Crippen molar-refractivity contribution >= 4 is 11.6 Å². The lowest BCUT2D eigenvalue weighted by molar-refractivity contribution is 0.0644. The summed E-state index contributed by atoms with van der Waals surface area (Å²) in [5.74, 6) is 0.468. The first-order valence-electron chi connectivity index (χ1n) is 8.73. The number of hydrogen-bond donors (Lipinski definition) is 0. The van der Waals surface area contributed by atoms with Crippen molar-refractivity contribution in [3.8, 4) is 17.1 Å². The lowest BCUT2D eigenvalue weighted by Crippen LogP contribution is -2.42. The number of ether oxygens (including phenoxy) is 1. The molecule has 2 heterocycles. The topological polar surface area (TPSA) is 59.7 Å². The molecule has 0 atom stereocenters. The van der Waals surface area contributed by atoms with E-state index in [1.165, 1.54) is 0 Å². The van der Waals surface area contributed by atoms with Crippen LogP contribution in [-0.2, 0) is 0 Å². The Kier molecular flexibility index (Phi) is 4.93. The van der Waals surface area contributed by atoms with Gasteiger partial charge in [-0.05, 0) is 33.8 Å². The molecule has 6 nitrogen and oxygen atoms in total. The van der Waals surface area contributed by atoms with Crippen LogP contribution in [0.25, 0.3) is 16.9 Å². The summed E-state index contributed by atoms with van der Waals surface area (Å²) in [6.07, 6.45) is 5.24. The van der Waals surface area contributed by atoms with Gasteiger partial charge in [-0.3, -0.25) is 9.20 Å². The maximum Gasteiger partial charge on any atom is 0.258 e. The molecule has 0 radical (unpaired) electrons. The molecule has 0 saturated carbocycles. The van der Waals surface area contributed by atoms with Crippen LogP contribution in [0.4, 0.5) is 0 Å². The van der Waals surface area contributed by atoms with Gasteiger partial charge in [0.05, 0.1) is 19.0 Å². The molecule has 0 bridgehead atoms. The molecule has 0 spiro atoms. The number of carbonyl (C=O) groups excluding carboxylic acids is 1. The first-order chi connectivity index (χ1) is 12.5. The summed E-state index contributed by atoms with van der Waals surface area (Å²) in [6, 6.07) is 7.86. The predicted octanol–water partition coefficient (Wildman–Crippen LogP) is 3.66. The molecule has 0 fully saturated rings. The van der Waals surface area contributed by atoms with Crippen LogP contribution in [0.2, 0.25) is 0 Å². The summed E-state index contributed by atoms with van der Waals surface area (Å²) in [4.78, 5) is 23.8. The van der Waals surface area contributed by atoms with Crippen molar-refractivity contribution in [2.75, 3.05) is 7.11 Å². The number of benzene rings is 1. The van der Waals surface area contributed by atoms with E-state index >= 15 is 0 Å². The fraction of sp³-hybridized carbons (Fsp3) is 0.350. The first-order valence-corrected chi connectivity index (χ1v) is 8.73. The molecule has 6 heteroatoms. The average Bonchev–Trinajstić information content (AvgIpc) is 3.05. The van der Waals surface area contributed by atoms with Crippen LogP contribution < -0.4 is 4.74 Å². The number of imidazole rings is 1. The zero-order chi connectivity index (χ0) is 18.8. The Balaban J connectivity index is 2.16. The van der Waals surface area contributed by atoms with Crippen molar-refractivity contribution in [2.45, 2.75) is 39.8 Å². The molecule has 0 unspecified atom stereocenters. The van der Waals surface area contributed by atoms with E-state index < -0.39 is 0 Å². The Morgan fingerprint density at radius 3 is 2.46 bits per heavy atom. The van der Waals surface area contributed by atoms with E-state index in [2.05, 4.69) is 9.97 Å². The predicted molar refractivity (Wildman–Crippen MR) is 101 cm³/mol. The van der Waals surface area contributed by atoms with E-state index in [1.54, 1.807) is 19.5 Å². The van der Waals surface area contributed by atoms with Crippen LogP contribution in [0.5, 0.6) is 5.88 Å². The standard InChI is InChI=1S/C20H24N4O2/c1-13(2)24(14(3)4)20(25)16-9-7-6-8-15(16)17-12-22-18-19(26-5)21-10-11-23(17)18/h6-14H,1-5H3.